The third kappa shape index (κ3) is 5.36. The van der Waals surface area contributed by atoms with Crippen LogP contribution in [0.1, 0.15) is 90.3 Å². The summed E-state index contributed by atoms with van der Waals surface area (Å²) in [7, 11) is 1.88. The summed E-state index contributed by atoms with van der Waals surface area (Å²) in [5.74, 6) is 0.926. The lowest BCUT2D eigenvalue weighted by Crippen LogP contribution is -2.49. The molecule has 234 valence electrons. The first-order valence-electron chi connectivity index (χ1n) is 15.4. The SMILES string of the molecule is Cn1cnnc1CC1(c2cc(OC3CCCC3)nc(N3Cc4c(cc(CNC5(C)CCC5)cc4C(F)(F)F)C3=O)c2)COC1. The van der Waals surface area contributed by atoms with E-state index in [2.05, 4.69) is 22.4 Å². The highest BCUT2D eigenvalue weighted by atomic mass is 19.4. The lowest BCUT2D eigenvalue weighted by Gasteiger charge is -2.42. The predicted octanol–water partition coefficient (Wildman–Crippen LogP) is 5.25. The van der Waals surface area contributed by atoms with Crippen LogP contribution in [0.15, 0.2) is 30.6 Å². The van der Waals surface area contributed by atoms with Gasteiger partial charge in [-0.3, -0.25) is 9.69 Å². The number of rotatable bonds is 9. The molecular weight excluding hydrogens is 573 g/mol. The number of carbonyl (C=O) groups is 1. The fourth-order valence-electron chi connectivity index (χ4n) is 6.87. The van der Waals surface area contributed by atoms with Crippen LogP contribution >= 0.6 is 0 Å². The molecule has 3 fully saturated rings. The number of nitrogens with zero attached hydrogens (tertiary/aromatic N) is 5. The molecular formula is C32H37F3N6O3. The number of alkyl halides is 3. The zero-order chi connectivity index (χ0) is 30.7. The maximum atomic E-state index is 14.4. The zero-order valence-corrected chi connectivity index (χ0v) is 25.0. The first-order valence-corrected chi connectivity index (χ1v) is 15.4. The molecule has 4 aliphatic rings. The van der Waals surface area contributed by atoms with Crippen molar-refractivity contribution >= 4 is 11.7 Å². The molecule has 0 bridgehead atoms. The minimum absolute atomic E-state index is 0.00817. The molecule has 44 heavy (non-hydrogen) atoms. The number of fused-ring (bicyclic) bond motifs is 1. The Morgan fingerprint density at radius 1 is 1.11 bits per heavy atom. The van der Waals surface area contributed by atoms with Gasteiger partial charge in [-0.05, 0) is 86.8 Å². The third-order valence-corrected chi connectivity index (χ3v) is 9.91. The van der Waals surface area contributed by atoms with Gasteiger partial charge in [0, 0.05) is 42.6 Å². The Balaban J connectivity index is 1.25. The number of aromatic nitrogens is 4. The van der Waals surface area contributed by atoms with E-state index >= 15 is 0 Å². The van der Waals surface area contributed by atoms with Gasteiger partial charge in [0.15, 0.2) is 0 Å². The van der Waals surface area contributed by atoms with E-state index in [4.69, 9.17) is 14.5 Å². The summed E-state index contributed by atoms with van der Waals surface area (Å²) < 4.78 is 57.1. The van der Waals surface area contributed by atoms with Crippen LogP contribution in [0.25, 0.3) is 0 Å². The number of anilines is 1. The standard InChI is InChI=1S/C32H37F3N6O3/c1-30(8-5-9-30)36-15-20-10-23-24(25(11-20)32(33,34)35)16-41(29(23)42)26-12-21(13-28(38-26)44-22-6-3-4-7-22)31(17-43-18-31)14-27-39-37-19-40(27)2/h10-13,19,22,36H,3-9,14-18H2,1-2H3. The smallest absolute Gasteiger partial charge is 0.416 e. The molecule has 0 atom stereocenters. The number of hydrogen-bond donors (Lipinski definition) is 1. The van der Waals surface area contributed by atoms with Crippen LogP contribution < -0.4 is 15.0 Å². The summed E-state index contributed by atoms with van der Waals surface area (Å²) in [6.45, 7) is 2.97. The van der Waals surface area contributed by atoms with Crippen LogP contribution in [0.4, 0.5) is 19.0 Å². The van der Waals surface area contributed by atoms with Crippen LogP contribution in [0, 0.1) is 0 Å². The number of amides is 1. The van der Waals surface area contributed by atoms with Gasteiger partial charge in [0.2, 0.25) is 5.88 Å². The molecule has 7 rings (SSSR count). The van der Waals surface area contributed by atoms with Gasteiger partial charge in [0.1, 0.15) is 24.1 Å². The second-order valence-corrected chi connectivity index (χ2v) is 13.2. The maximum absolute atomic E-state index is 14.4. The molecule has 2 aliphatic heterocycles. The zero-order valence-electron chi connectivity index (χ0n) is 25.0. The highest BCUT2D eigenvalue weighted by Crippen LogP contribution is 2.43. The van der Waals surface area contributed by atoms with Gasteiger partial charge >= 0.3 is 6.18 Å². The van der Waals surface area contributed by atoms with Crippen molar-refractivity contribution in [3.05, 3.63) is 64.2 Å². The number of pyridine rings is 1. The number of benzene rings is 1. The van der Waals surface area contributed by atoms with Crippen molar-refractivity contribution in [2.45, 2.75) is 94.6 Å². The Kier molecular flexibility index (Phi) is 7.19. The minimum atomic E-state index is -4.60. The number of aryl methyl sites for hydroxylation is 1. The molecule has 4 heterocycles. The molecule has 2 aromatic heterocycles. The quantitative estimate of drug-likeness (QED) is 0.354. The van der Waals surface area contributed by atoms with Gasteiger partial charge in [-0.2, -0.15) is 18.2 Å². The van der Waals surface area contributed by atoms with E-state index < -0.39 is 23.1 Å². The van der Waals surface area contributed by atoms with Crippen LogP contribution in [0.3, 0.4) is 0 Å². The Labute approximate surface area is 254 Å². The summed E-state index contributed by atoms with van der Waals surface area (Å²) in [4.78, 5) is 20.0. The van der Waals surface area contributed by atoms with Gasteiger partial charge in [-0.15, -0.1) is 10.2 Å². The van der Waals surface area contributed by atoms with Crippen molar-refractivity contribution in [3.8, 4) is 5.88 Å². The average molecular weight is 611 g/mol. The molecule has 1 amide bonds. The summed E-state index contributed by atoms with van der Waals surface area (Å²) in [5.41, 5.74) is 0.0267. The summed E-state index contributed by atoms with van der Waals surface area (Å²) in [5, 5.41) is 11.7. The molecule has 1 saturated heterocycles. The van der Waals surface area contributed by atoms with Gasteiger partial charge < -0.3 is 19.4 Å². The Morgan fingerprint density at radius 3 is 2.50 bits per heavy atom. The average Bonchev–Trinajstić information content (AvgIpc) is 3.68. The third-order valence-electron chi connectivity index (χ3n) is 9.91. The normalized spacial score (nSPS) is 20.8. The van der Waals surface area contributed by atoms with E-state index in [0.717, 1.165) is 56.3 Å². The van der Waals surface area contributed by atoms with Crippen molar-refractivity contribution in [2.24, 2.45) is 7.05 Å². The molecule has 2 aliphatic carbocycles. The van der Waals surface area contributed by atoms with Crippen molar-refractivity contribution in [3.63, 3.8) is 0 Å². The Morgan fingerprint density at radius 2 is 1.89 bits per heavy atom. The molecule has 0 unspecified atom stereocenters. The highest BCUT2D eigenvalue weighted by Gasteiger charge is 2.45. The fraction of sp³-hybridized carbons (Fsp3) is 0.562. The van der Waals surface area contributed by atoms with Crippen LogP contribution in [0.2, 0.25) is 0 Å². The summed E-state index contributed by atoms with van der Waals surface area (Å²) in [6.07, 6.45) is 4.59. The molecule has 12 heteroatoms. The largest absolute Gasteiger partial charge is 0.474 e. The van der Waals surface area contributed by atoms with Gasteiger partial charge in [0.05, 0.1) is 25.3 Å². The van der Waals surface area contributed by atoms with Crippen molar-refractivity contribution < 1.29 is 27.4 Å². The number of nitrogens with one attached hydrogen (secondary N) is 1. The molecule has 9 nitrogen and oxygen atoms in total. The van der Waals surface area contributed by atoms with E-state index in [-0.39, 0.29) is 41.7 Å². The summed E-state index contributed by atoms with van der Waals surface area (Å²) >= 11 is 0. The Bertz CT molecular complexity index is 1570. The number of hydrogen-bond acceptors (Lipinski definition) is 7. The molecule has 1 aromatic carbocycles. The predicted molar refractivity (Wildman–Crippen MR) is 155 cm³/mol. The molecule has 0 radical (unpaired) electrons. The molecule has 3 aromatic rings. The van der Waals surface area contributed by atoms with Crippen LogP contribution in [0.5, 0.6) is 5.88 Å². The van der Waals surface area contributed by atoms with Crippen LogP contribution in [-0.4, -0.2) is 50.5 Å². The van der Waals surface area contributed by atoms with Crippen molar-refractivity contribution in [1.82, 2.24) is 25.1 Å². The first kappa shape index (κ1) is 29.2. The van der Waals surface area contributed by atoms with Crippen LogP contribution in [-0.2, 0) is 42.9 Å². The Hall–Kier alpha value is -3.51. The second-order valence-electron chi connectivity index (χ2n) is 13.2. The van der Waals surface area contributed by atoms with E-state index in [9.17, 15) is 18.0 Å². The van der Waals surface area contributed by atoms with Crippen molar-refractivity contribution in [1.29, 1.82) is 0 Å². The minimum Gasteiger partial charge on any atom is -0.474 e. The number of halogens is 3. The first-order chi connectivity index (χ1) is 21.0. The molecule has 2 saturated carbocycles. The van der Waals surface area contributed by atoms with Crippen molar-refractivity contribution in [2.75, 3.05) is 18.1 Å². The van der Waals surface area contributed by atoms with Gasteiger partial charge in [0.25, 0.3) is 5.91 Å². The monoisotopic (exact) mass is 610 g/mol. The van der Waals surface area contributed by atoms with Gasteiger partial charge in [-0.25, -0.2) is 0 Å². The lowest BCUT2D eigenvalue weighted by atomic mass is 9.75. The maximum Gasteiger partial charge on any atom is 0.416 e. The second kappa shape index (κ2) is 10.8. The van der Waals surface area contributed by atoms with E-state index in [1.54, 1.807) is 18.5 Å². The highest BCUT2D eigenvalue weighted by molar-refractivity contribution is 6.10. The van der Waals surface area contributed by atoms with E-state index in [1.807, 2.05) is 17.7 Å². The number of carbonyl (C=O) groups excluding carboxylic acids is 1. The fourth-order valence-corrected chi connectivity index (χ4v) is 6.87. The van der Waals surface area contributed by atoms with E-state index in [1.165, 1.54) is 11.0 Å². The van der Waals surface area contributed by atoms with Gasteiger partial charge in [-0.1, -0.05) is 0 Å². The summed E-state index contributed by atoms with van der Waals surface area (Å²) in [6, 6.07) is 6.49. The lowest BCUT2D eigenvalue weighted by molar-refractivity contribution is -0.138. The molecule has 1 N–H and O–H groups in total. The number of ether oxygens (including phenoxy) is 2. The molecule has 0 spiro atoms. The topological polar surface area (TPSA) is 94.4 Å². The van der Waals surface area contributed by atoms with E-state index in [0.29, 0.717) is 31.1 Å².